The molecule has 0 aliphatic heterocycles. The number of halogens is 3. The van der Waals surface area contributed by atoms with E-state index in [0.717, 1.165) is 6.07 Å². The first kappa shape index (κ1) is 9.82. The second-order valence-electron chi connectivity index (χ2n) is 2.22. The number of alkyl halides is 1. The topological polar surface area (TPSA) is 20.2 Å². The van der Waals surface area contributed by atoms with Crippen molar-refractivity contribution in [1.82, 2.24) is 0 Å². The van der Waals surface area contributed by atoms with Crippen LogP contribution in [0.1, 0.15) is 5.56 Å². The van der Waals surface area contributed by atoms with E-state index in [2.05, 4.69) is 11.8 Å². The number of hydrogen-bond donors (Lipinski definition) is 1. The van der Waals surface area contributed by atoms with Crippen LogP contribution in [0.3, 0.4) is 0 Å². The molecule has 0 saturated heterocycles. The molecule has 0 unspecified atom stereocenters. The van der Waals surface area contributed by atoms with E-state index in [-0.39, 0.29) is 11.4 Å². The van der Waals surface area contributed by atoms with Gasteiger partial charge in [-0.25, -0.2) is 8.78 Å². The van der Waals surface area contributed by atoms with Gasteiger partial charge in [-0.1, -0.05) is 11.8 Å². The lowest BCUT2D eigenvalue weighted by molar-refractivity contribution is 0.453. The Morgan fingerprint density at radius 3 is 2.54 bits per heavy atom. The Hall–Kier alpha value is -1.27. The van der Waals surface area contributed by atoms with Crippen LogP contribution in [0.2, 0.25) is 0 Å². The van der Waals surface area contributed by atoms with Crippen LogP contribution in [0.25, 0.3) is 0 Å². The number of hydrogen-bond acceptors (Lipinski definition) is 1. The van der Waals surface area contributed by atoms with Gasteiger partial charge in [-0.3, -0.25) is 0 Å². The second-order valence-corrected chi connectivity index (χ2v) is 2.49. The Kier molecular flexibility index (Phi) is 3.10. The first-order chi connectivity index (χ1) is 6.15. The maximum absolute atomic E-state index is 12.6. The third-order valence-electron chi connectivity index (χ3n) is 1.33. The van der Waals surface area contributed by atoms with E-state index in [9.17, 15) is 8.78 Å². The van der Waals surface area contributed by atoms with Gasteiger partial charge in [0.15, 0.2) is 11.6 Å². The Labute approximate surface area is 79.0 Å². The molecule has 0 aliphatic carbocycles. The molecule has 13 heavy (non-hydrogen) atoms. The first-order valence-electron chi connectivity index (χ1n) is 3.38. The molecule has 0 aromatic heterocycles. The molecule has 0 spiro atoms. The Morgan fingerprint density at radius 1 is 1.31 bits per heavy atom. The molecule has 1 N–H and O–H groups in total. The van der Waals surface area contributed by atoms with Crippen molar-refractivity contribution >= 4 is 11.6 Å². The lowest BCUT2D eigenvalue weighted by Crippen LogP contribution is -1.86. The van der Waals surface area contributed by atoms with Crippen molar-refractivity contribution in [2.45, 2.75) is 0 Å². The molecule has 1 rings (SSSR count). The Balaban J connectivity index is 3.16. The first-order valence-corrected chi connectivity index (χ1v) is 3.91. The largest absolute Gasteiger partial charge is 0.507 e. The highest BCUT2D eigenvalue weighted by molar-refractivity contribution is 6.19. The van der Waals surface area contributed by atoms with Crippen LogP contribution >= 0.6 is 11.6 Å². The van der Waals surface area contributed by atoms with Crippen LogP contribution in [-0.2, 0) is 0 Å². The molecule has 0 heterocycles. The van der Waals surface area contributed by atoms with E-state index in [0.29, 0.717) is 6.07 Å². The molecular formula is C9H5ClF2O. The maximum atomic E-state index is 12.6. The van der Waals surface area contributed by atoms with E-state index in [1.54, 1.807) is 0 Å². The molecule has 0 fully saturated rings. The van der Waals surface area contributed by atoms with Crippen molar-refractivity contribution in [3.63, 3.8) is 0 Å². The zero-order valence-corrected chi connectivity index (χ0v) is 7.20. The highest BCUT2D eigenvalue weighted by Gasteiger charge is 2.06. The molecule has 1 nitrogen and oxygen atoms in total. The summed E-state index contributed by atoms with van der Waals surface area (Å²) in [6, 6.07) is 1.50. The maximum Gasteiger partial charge on any atom is 0.162 e. The van der Waals surface area contributed by atoms with Gasteiger partial charge in [-0.05, 0) is 6.07 Å². The average Bonchev–Trinajstić information content (AvgIpc) is 2.09. The zero-order chi connectivity index (χ0) is 9.84. The van der Waals surface area contributed by atoms with Crippen LogP contribution < -0.4 is 0 Å². The van der Waals surface area contributed by atoms with Gasteiger partial charge in [0.2, 0.25) is 0 Å². The van der Waals surface area contributed by atoms with Gasteiger partial charge in [-0.2, -0.15) is 0 Å². The summed E-state index contributed by atoms with van der Waals surface area (Å²) >= 11 is 5.25. The van der Waals surface area contributed by atoms with E-state index in [4.69, 9.17) is 16.7 Å². The van der Waals surface area contributed by atoms with E-state index < -0.39 is 17.4 Å². The van der Waals surface area contributed by atoms with Crippen LogP contribution in [0, 0.1) is 23.5 Å². The zero-order valence-electron chi connectivity index (χ0n) is 6.44. The van der Waals surface area contributed by atoms with Crippen molar-refractivity contribution in [2.24, 2.45) is 0 Å². The average molecular weight is 203 g/mol. The lowest BCUT2D eigenvalue weighted by Gasteiger charge is -1.97. The molecule has 1 aromatic rings. The fourth-order valence-corrected chi connectivity index (χ4v) is 0.832. The van der Waals surface area contributed by atoms with Crippen LogP contribution in [0.4, 0.5) is 8.78 Å². The third-order valence-corrected chi connectivity index (χ3v) is 1.46. The number of aromatic hydroxyl groups is 1. The van der Waals surface area contributed by atoms with E-state index >= 15 is 0 Å². The summed E-state index contributed by atoms with van der Waals surface area (Å²) in [4.78, 5) is 0. The van der Waals surface area contributed by atoms with Crippen LogP contribution in [0.15, 0.2) is 12.1 Å². The molecule has 0 aliphatic rings. The molecule has 0 radical (unpaired) electrons. The predicted molar refractivity (Wildman–Crippen MR) is 45.6 cm³/mol. The summed E-state index contributed by atoms with van der Waals surface area (Å²) in [6.45, 7) is 0. The standard InChI is InChI=1S/C9H5ClF2O/c10-3-1-2-6-4-7(11)8(12)5-9(6)13/h4-5,13H,3H2. The molecule has 4 heteroatoms. The summed E-state index contributed by atoms with van der Waals surface area (Å²) < 4.78 is 25.1. The monoisotopic (exact) mass is 202 g/mol. The van der Waals surface area contributed by atoms with Gasteiger partial charge < -0.3 is 5.11 Å². The number of rotatable bonds is 0. The summed E-state index contributed by atoms with van der Waals surface area (Å²) in [6.07, 6.45) is 0. The number of benzene rings is 1. The number of phenols is 1. The van der Waals surface area contributed by atoms with Crippen molar-refractivity contribution in [2.75, 3.05) is 5.88 Å². The van der Waals surface area contributed by atoms with E-state index in [1.165, 1.54) is 0 Å². The van der Waals surface area contributed by atoms with Crippen molar-refractivity contribution in [3.8, 4) is 17.6 Å². The molecular weight excluding hydrogens is 198 g/mol. The summed E-state index contributed by atoms with van der Waals surface area (Å²) in [5.41, 5.74) is 0.0274. The Bertz CT molecular complexity index is 379. The van der Waals surface area contributed by atoms with Gasteiger partial charge >= 0.3 is 0 Å². The van der Waals surface area contributed by atoms with Gasteiger partial charge in [0, 0.05) is 6.07 Å². The van der Waals surface area contributed by atoms with Crippen LogP contribution in [-0.4, -0.2) is 11.0 Å². The minimum absolute atomic E-state index is 0.0274. The normalized spacial score (nSPS) is 9.15. The molecule has 68 valence electrons. The highest BCUT2D eigenvalue weighted by atomic mass is 35.5. The highest BCUT2D eigenvalue weighted by Crippen LogP contribution is 2.19. The summed E-state index contributed by atoms with van der Waals surface area (Å²) in [5.74, 6) is 2.34. The fourth-order valence-electron chi connectivity index (χ4n) is 0.765. The van der Waals surface area contributed by atoms with Gasteiger partial charge in [0.25, 0.3) is 0 Å². The van der Waals surface area contributed by atoms with Gasteiger partial charge in [0.1, 0.15) is 5.75 Å². The van der Waals surface area contributed by atoms with Crippen molar-refractivity contribution < 1.29 is 13.9 Å². The smallest absolute Gasteiger partial charge is 0.162 e. The minimum atomic E-state index is -1.10. The quantitative estimate of drug-likeness (QED) is 0.506. The van der Waals surface area contributed by atoms with Gasteiger partial charge in [-0.15, -0.1) is 11.6 Å². The molecule has 0 bridgehead atoms. The summed E-state index contributed by atoms with van der Waals surface area (Å²) in [7, 11) is 0. The van der Waals surface area contributed by atoms with Crippen molar-refractivity contribution in [1.29, 1.82) is 0 Å². The SMILES string of the molecule is Oc1cc(F)c(F)cc1C#CCCl. The molecule has 0 amide bonds. The molecule has 1 aromatic carbocycles. The summed E-state index contributed by atoms with van der Waals surface area (Å²) in [5, 5.41) is 9.09. The molecule has 0 atom stereocenters. The van der Waals surface area contributed by atoms with Crippen molar-refractivity contribution in [3.05, 3.63) is 29.3 Å². The second kappa shape index (κ2) is 4.11. The fraction of sp³-hybridized carbons (Fsp3) is 0.111. The minimum Gasteiger partial charge on any atom is -0.507 e. The Morgan fingerprint density at radius 2 is 1.92 bits per heavy atom. The molecule has 0 saturated carbocycles. The van der Waals surface area contributed by atoms with Crippen LogP contribution in [0.5, 0.6) is 5.75 Å². The lowest BCUT2D eigenvalue weighted by atomic mass is 10.2. The van der Waals surface area contributed by atoms with E-state index in [1.807, 2.05) is 0 Å². The third kappa shape index (κ3) is 2.33. The predicted octanol–water partition coefficient (Wildman–Crippen LogP) is 2.26. The van der Waals surface area contributed by atoms with Gasteiger partial charge in [0.05, 0.1) is 11.4 Å². The number of phenolic OH excluding ortho intramolecular Hbond substituents is 1.